The normalized spacial score (nSPS) is 15.7. The summed E-state index contributed by atoms with van der Waals surface area (Å²) in [5.74, 6) is 0.134. The zero-order chi connectivity index (χ0) is 15.3. The van der Waals surface area contributed by atoms with E-state index in [0.29, 0.717) is 6.42 Å². The van der Waals surface area contributed by atoms with Crippen LogP contribution in [0, 0.1) is 5.92 Å². The summed E-state index contributed by atoms with van der Waals surface area (Å²) in [5, 5.41) is 11.4. The van der Waals surface area contributed by atoms with Gasteiger partial charge in [0.05, 0.1) is 5.60 Å². The van der Waals surface area contributed by atoms with Crippen molar-refractivity contribution in [1.82, 2.24) is 4.90 Å². The second-order valence-electron chi connectivity index (χ2n) is 6.12. The Morgan fingerprint density at radius 1 is 0.952 bits per heavy atom. The molecule has 0 radical (unpaired) electrons. The molecule has 21 heavy (non-hydrogen) atoms. The maximum absolute atomic E-state index is 11.4. The van der Waals surface area contributed by atoms with Gasteiger partial charge in [-0.2, -0.15) is 0 Å². The summed E-state index contributed by atoms with van der Waals surface area (Å²) in [6.45, 7) is 2.97. The molecule has 0 aromatic heterocycles. The smallest absolute Gasteiger partial charge is 0.0974 e. The van der Waals surface area contributed by atoms with Crippen molar-refractivity contribution >= 4 is 0 Å². The van der Waals surface area contributed by atoms with Crippen LogP contribution in [0.1, 0.15) is 18.1 Å². The minimum absolute atomic E-state index is 0.134. The van der Waals surface area contributed by atoms with E-state index in [1.165, 1.54) is 0 Å². The lowest BCUT2D eigenvalue weighted by molar-refractivity contribution is -0.0254. The zero-order valence-corrected chi connectivity index (χ0v) is 13.2. The molecule has 0 fully saturated rings. The van der Waals surface area contributed by atoms with Crippen molar-refractivity contribution in [2.75, 3.05) is 20.6 Å². The van der Waals surface area contributed by atoms with Crippen LogP contribution in [-0.2, 0) is 12.0 Å². The topological polar surface area (TPSA) is 23.5 Å². The van der Waals surface area contributed by atoms with Crippen molar-refractivity contribution in [3.05, 3.63) is 71.8 Å². The van der Waals surface area contributed by atoms with Gasteiger partial charge in [0.1, 0.15) is 0 Å². The van der Waals surface area contributed by atoms with Gasteiger partial charge in [0, 0.05) is 18.9 Å². The van der Waals surface area contributed by atoms with Crippen LogP contribution in [0.25, 0.3) is 0 Å². The summed E-state index contributed by atoms with van der Waals surface area (Å²) in [7, 11) is 4.09. The first kappa shape index (κ1) is 15.7. The minimum Gasteiger partial charge on any atom is -0.384 e. The number of benzene rings is 2. The summed E-state index contributed by atoms with van der Waals surface area (Å²) >= 11 is 0. The largest absolute Gasteiger partial charge is 0.384 e. The Labute approximate surface area is 128 Å². The van der Waals surface area contributed by atoms with Gasteiger partial charge in [-0.1, -0.05) is 67.6 Å². The number of hydrogen-bond donors (Lipinski definition) is 1. The predicted octanol–water partition coefficient (Wildman–Crippen LogP) is 3.31. The van der Waals surface area contributed by atoms with E-state index in [2.05, 4.69) is 24.0 Å². The Bertz CT molecular complexity index is 538. The van der Waals surface area contributed by atoms with Gasteiger partial charge in [-0.3, -0.25) is 0 Å². The second kappa shape index (κ2) is 6.88. The van der Waals surface area contributed by atoms with Gasteiger partial charge in [-0.05, 0) is 25.2 Å². The van der Waals surface area contributed by atoms with Crippen molar-refractivity contribution in [2.45, 2.75) is 18.9 Å². The summed E-state index contributed by atoms with van der Waals surface area (Å²) in [6.07, 6.45) is 0.632. The first-order valence-corrected chi connectivity index (χ1v) is 7.49. The molecule has 2 nitrogen and oxygen atoms in total. The highest BCUT2D eigenvalue weighted by atomic mass is 16.3. The van der Waals surface area contributed by atoms with E-state index in [-0.39, 0.29) is 5.92 Å². The number of aliphatic hydroxyl groups is 1. The third kappa shape index (κ3) is 3.93. The molecule has 0 bridgehead atoms. The Hall–Kier alpha value is -1.64. The quantitative estimate of drug-likeness (QED) is 0.879. The molecule has 1 unspecified atom stereocenters. The van der Waals surface area contributed by atoms with Crippen LogP contribution in [-0.4, -0.2) is 30.6 Å². The molecule has 2 aromatic carbocycles. The van der Waals surface area contributed by atoms with Crippen LogP contribution in [0.5, 0.6) is 0 Å². The van der Waals surface area contributed by atoms with E-state index in [4.69, 9.17) is 0 Å². The van der Waals surface area contributed by atoms with Crippen LogP contribution in [0.4, 0.5) is 0 Å². The average molecular weight is 283 g/mol. The lowest BCUT2D eigenvalue weighted by atomic mass is 9.77. The van der Waals surface area contributed by atoms with Crippen molar-refractivity contribution in [2.24, 2.45) is 5.92 Å². The highest BCUT2D eigenvalue weighted by Crippen LogP contribution is 2.33. The molecule has 0 aliphatic rings. The lowest BCUT2D eigenvalue weighted by Crippen LogP contribution is -2.41. The highest BCUT2D eigenvalue weighted by Gasteiger charge is 2.35. The molecule has 1 N–H and O–H groups in total. The van der Waals surface area contributed by atoms with Crippen molar-refractivity contribution in [3.8, 4) is 0 Å². The van der Waals surface area contributed by atoms with Gasteiger partial charge in [0.2, 0.25) is 0 Å². The van der Waals surface area contributed by atoms with Gasteiger partial charge >= 0.3 is 0 Å². The van der Waals surface area contributed by atoms with E-state index in [1.807, 2.05) is 62.6 Å². The first-order chi connectivity index (χ1) is 10.0. The summed E-state index contributed by atoms with van der Waals surface area (Å²) in [5.41, 5.74) is 1.30. The molecule has 0 heterocycles. The summed E-state index contributed by atoms with van der Waals surface area (Å²) in [6, 6.07) is 20.2. The third-order valence-corrected chi connectivity index (χ3v) is 4.04. The highest BCUT2D eigenvalue weighted by molar-refractivity contribution is 5.27. The zero-order valence-electron chi connectivity index (χ0n) is 13.2. The van der Waals surface area contributed by atoms with E-state index >= 15 is 0 Å². The molecule has 112 valence electrons. The maximum Gasteiger partial charge on any atom is 0.0974 e. The fraction of sp³-hybridized carbons (Fsp3) is 0.368. The van der Waals surface area contributed by atoms with Crippen LogP contribution < -0.4 is 0 Å². The molecule has 2 aromatic rings. The van der Waals surface area contributed by atoms with Crippen molar-refractivity contribution in [1.29, 1.82) is 0 Å². The molecule has 0 saturated heterocycles. The Kier molecular flexibility index (Phi) is 5.16. The van der Waals surface area contributed by atoms with E-state index in [9.17, 15) is 5.11 Å². The number of hydrogen-bond acceptors (Lipinski definition) is 2. The monoisotopic (exact) mass is 283 g/mol. The molecule has 2 rings (SSSR count). The van der Waals surface area contributed by atoms with Gasteiger partial charge in [-0.25, -0.2) is 0 Å². The second-order valence-corrected chi connectivity index (χ2v) is 6.12. The van der Waals surface area contributed by atoms with Crippen LogP contribution in [0.2, 0.25) is 0 Å². The molecule has 2 heteroatoms. The van der Waals surface area contributed by atoms with E-state index in [0.717, 1.165) is 17.7 Å². The summed E-state index contributed by atoms with van der Waals surface area (Å²) < 4.78 is 0. The molecule has 0 aliphatic carbocycles. The predicted molar refractivity (Wildman–Crippen MR) is 88.2 cm³/mol. The Morgan fingerprint density at radius 3 is 2.00 bits per heavy atom. The van der Waals surface area contributed by atoms with Gasteiger partial charge in [0.25, 0.3) is 0 Å². The van der Waals surface area contributed by atoms with Crippen LogP contribution in [0.15, 0.2) is 60.7 Å². The molecular formula is C19H25NO. The van der Waals surface area contributed by atoms with Crippen LogP contribution in [0.3, 0.4) is 0 Å². The third-order valence-electron chi connectivity index (χ3n) is 4.04. The average Bonchev–Trinajstić information content (AvgIpc) is 2.48. The first-order valence-electron chi connectivity index (χ1n) is 7.49. The van der Waals surface area contributed by atoms with Crippen molar-refractivity contribution in [3.63, 3.8) is 0 Å². The van der Waals surface area contributed by atoms with E-state index in [1.54, 1.807) is 0 Å². The SMILES string of the molecule is CC(CN(C)C)[C@@](O)(Cc1ccccc1)c1ccccc1. The standard InChI is InChI=1S/C19H25NO/c1-16(15-20(2)3)19(21,18-12-8-5-9-13-18)14-17-10-6-4-7-11-17/h4-13,16,21H,14-15H2,1-3H3/t16?,19-/m0/s1. The Balaban J connectivity index is 2.34. The number of rotatable bonds is 6. The minimum atomic E-state index is -0.854. The Morgan fingerprint density at radius 2 is 1.48 bits per heavy atom. The molecular weight excluding hydrogens is 258 g/mol. The molecule has 0 spiro atoms. The molecule has 0 aliphatic heterocycles. The van der Waals surface area contributed by atoms with Crippen molar-refractivity contribution < 1.29 is 5.11 Å². The molecule has 0 saturated carbocycles. The fourth-order valence-electron chi connectivity index (χ4n) is 2.89. The van der Waals surface area contributed by atoms with Gasteiger partial charge in [-0.15, -0.1) is 0 Å². The number of nitrogens with zero attached hydrogens (tertiary/aromatic N) is 1. The van der Waals surface area contributed by atoms with Crippen LogP contribution >= 0.6 is 0 Å². The maximum atomic E-state index is 11.4. The van der Waals surface area contributed by atoms with E-state index < -0.39 is 5.60 Å². The molecule has 0 amide bonds. The fourth-order valence-corrected chi connectivity index (χ4v) is 2.89. The van der Waals surface area contributed by atoms with Gasteiger partial charge in [0.15, 0.2) is 0 Å². The molecule has 2 atom stereocenters. The lowest BCUT2D eigenvalue weighted by Gasteiger charge is -2.36. The van der Waals surface area contributed by atoms with Gasteiger partial charge < -0.3 is 10.0 Å². The summed E-state index contributed by atoms with van der Waals surface area (Å²) in [4.78, 5) is 2.13.